The van der Waals surface area contributed by atoms with E-state index in [-0.39, 0.29) is 6.10 Å². The Morgan fingerprint density at radius 2 is 2.00 bits per heavy atom. The second kappa shape index (κ2) is 6.89. The topological polar surface area (TPSA) is 41.8 Å². The zero-order valence-electron chi connectivity index (χ0n) is 12.7. The van der Waals surface area contributed by atoms with Gasteiger partial charge in [-0.15, -0.1) is 0 Å². The molecule has 0 amide bonds. The molecule has 1 aromatic rings. The molecule has 1 saturated carbocycles. The minimum atomic E-state index is 0.109. The molecule has 0 radical (unpaired) electrons. The Kier molecular flexibility index (Phi) is 5.18. The van der Waals surface area contributed by atoms with E-state index in [1.165, 1.54) is 12.0 Å². The van der Waals surface area contributed by atoms with Crippen molar-refractivity contribution in [1.82, 2.24) is 0 Å². The summed E-state index contributed by atoms with van der Waals surface area (Å²) in [7, 11) is 0. The molecule has 1 aliphatic rings. The molecule has 2 rings (SSSR count). The summed E-state index contributed by atoms with van der Waals surface area (Å²) in [5, 5.41) is 13.4. The van der Waals surface area contributed by atoms with Crippen molar-refractivity contribution in [1.29, 1.82) is 0 Å². The van der Waals surface area contributed by atoms with Gasteiger partial charge in [0.05, 0.1) is 5.71 Å². The monoisotopic (exact) mass is 275 g/mol. The summed E-state index contributed by atoms with van der Waals surface area (Å²) >= 11 is 0. The van der Waals surface area contributed by atoms with E-state index in [9.17, 15) is 5.11 Å². The molecule has 0 saturated heterocycles. The fraction of sp³-hybridized carbons (Fsp3) is 0.588. The van der Waals surface area contributed by atoms with Gasteiger partial charge in [0, 0.05) is 6.61 Å². The zero-order chi connectivity index (χ0) is 14.5. The maximum Gasteiger partial charge on any atom is 0.122 e. The van der Waals surface area contributed by atoms with Crippen LogP contribution in [0.2, 0.25) is 0 Å². The first-order valence-electron chi connectivity index (χ1n) is 7.51. The van der Waals surface area contributed by atoms with E-state index in [1.54, 1.807) is 0 Å². The maximum absolute atomic E-state index is 9.22. The summed E-state index contributed by atoms with van der Waals surface area (Å²) in [4.78, 5) is 5.28. The summed E-state index contributed by atoms with van der Waals surface area (Å²) in [6.45, 7) is 6.23. The zero-order valence-corrected chi connectivity index (χ0v) is 12.7. The molecule has 3 nitrogen and oxygen atoms in total. The molecule has 1 fully saturated rings. The molecule has 0 heterocycles. The van der Waals surface area contributed by atoms with E-state index in [2.05, 4.69) is 29.4 Å². The number of aliphatic hydroxyl groups excluding tert-OH is 1. The van der Waals surface area contributed by atoms with Crippen LogP contribution in [0, 0.1) is 5.92 Å². The van der Waals surface area contributed by atoms with E-state index in [1.807, 2.05) is 20.8 Å². The van der Waals surface area contributed by atoms with Gasteiger partial charge in [0.2, 0.25) is 0 Å². The molecule has 1 aromatic carbocycles. The molecular formula is C17H25NO2. The van der Waals surface area contributed by atoms with Crippen LogP contribution < -0.4 is 0 Å². The minimum absolute atomic E-state index is 0.109. The molecule has 2 atom stereocenters. The summed E-state index contributed by atoms with van der Waals surface area (Å²) in [6, 6.07) is 8.61. The number of rotatable bonds is 5. The van der Waals surface area contributed by atoms with Gasteiger partial charge in [-0.1, -0.05) is 29.4 Å². The predicted molar refractivity (Wildman–Crippen MR) is 82.0 cm³/mol. The Morgan fingerprint density at radius 3 is 2.55 bits per heavy atom. The van der Waals surface area contributed by atoms with Crippen molar-refractivity contribution < 1.29 is 9.94 Å². The number of hydrogen-bond donors (Lipinski definition) is 1. The Labute approximate surface area is 121 Å². The van der Waals surface area contributed by atoms with Gasteiger partial charge in [-0.3, -0.25) is 0 Å². The first-order chi connectivity index (χ1) is 9.60. The lowest BCUT2D eigenvalue weighted by atomic mass is 9.95. The van der Waals surface area contributed by atoms with Crippen LogP contribution in [0.25, 0.3) is 0 Å². The van der Waals surface area contributed by atoms with Gasteiger partial charge < -0.3 is 9.94 Å². The van der Waals surface area contributed by atoms with Crippen LogP contribution >= 0.6 is 0 Å². The lowest BCUT2D eigenvalue weighted by molar-refractivity contribution is 0.0860. The first kappa shape index (κ1) is 15.0. The maximum atomic E-state index is 9.22. The summed E-state index contributed by atoms with van der Waals surface area (Å²) in [6.07, 6.45) is 3.55. The second-order valence-electron chi connectivity index (χ2n) is 6.01. The van der Waals surface area contributed by atoms with E-state index < -0.39 is 0 Å². The minimum Gasteiger partial charge on any atom is -0.396 e. The molecule has 20 heavy (non-hydrogen) atoms. The van der Waals surface area contributed by atoms with E-state index in [0.29, 0.717) is 18.4 Å². The van der Waals surface area contributed by atoms with Crippen molar-refractivity contribution in [3.8, 4) is 0 Å². The number of aliphatic hydroxyl groups is 1. The largest absolute Gasteiger partial charge is 0.396 e. The molecular weight excluding hydrogens is 250 g/mol. The molecule has 0 spiro atoms. The third-order valence-electron chi connectivity index (χ3n) is 4.00. The quantitative estimate of drug-likeness (QED) is 0.657. The fourth-order valence-corrected chi connectivity index (χ4v) is 2.78. The Balaban J connectivity index is 2.01. The van der Waals surface area contributed by atoms with Gasteiger partial charge in [0.15, 0.2) is 0 Å². The predicted octanol–water partition coefficient (Wildman–Crippen LogP) is 3.71. The van der Waals surface area contributed by atoms with Gasteiger partial charge >= 0.3 is 0 Å². The number of oxime groups is 1. The molecule has 0 aromatic heterocycles. The first-order valence-corrected chi connectivity index (χ1v) is 7.51. The number of hydrogen-bond acceptors (Lipinski definition) is 3. The lowest BCUT2D eigenvalue weighted by Crippen LogP contribution is -2.03. The SMILES string of the molecule is C/C(=N\OC(C)C)c1ccc([C@@H]2CC[C@H](CO)C2)cc1. The van der Waals surface area contributed by atoms with Crippen LogP contribution in [0.3, 0.4) is 0 Å². The van der Waals surface area contributed by atoms with Crippen LogP contribution in [0.5, 0.6) is 0 Å². The summed E-state index contributed by atoms with van der Waals surface area (Å²) in [5.74, 6) is 1.09. The van der Waals surface area contributed by atoms with Crippen LogP contribution in [-0.4, -0.2) is 23.5 Å². The fourth-order valence-electron chi connectivity index (χ4n) is 2.78. The average Bonchev–Trinajstić information content (AvgIpc) is 2.94. The van der Waals surface area contributed by atoms with Crippen molar-refractivity contribution in [3.63, 3.8) is 0 Å². The molecule has 110 valence electrons. The number of benzene rings is 1. The third kappa shape index (κ3) is 3.83. The summed E-state index contributed by atoms with van der Waals surface area (Å²) < 4.78 is 0. The van der Waals surface area contributed by atoms with Crippen molar-refractivity contribution >= 4 is 5.71 Å². The highest BCUT2D eigenvalue weighted by atomic mass is 16.6. The second-order valence-corrected chi connectivity index (χ2v) is 6.01. The standard InChI is InChI=1S/C17H25NO2/c1-12(2)20-18-13(3)15-6-8-16(9-7-15)17-5-4-14(10-17)11-19/h6-9,12,14,17,19H,4-5,10-11H2,1-3H3/b18-13+/t14-,17+/m0/s1. The average molecular weight is 275 g/mol. The van der Waals surface area contributed by atoms with Gasteiger partial charge in [0.1, 0.15) is 6.10 Å². The lowest BCUT2D eigenvalue weighted by Gasteiger charge is -2.11. The van der Waals surface area contributed by atoms with Gasteiger partial charge in [0.25, 0.3) is 0 Å². The molecule has 1 N–H and O–H groups in total. The Morgan fingerprint density at radius 1 is 1.30 bits per heavy atom. The molecule has 0 aliphatic heterocycles. The highest BCUT2D eigenvalue weighted by molar-refractivity contribution is 5.98. The van der Waals surface area contributed by atoms with Gasteiger partial charge in [-0.25, -0.2) is 0 Å². The molecule has 0 unspecified atom stereocenters. The van der Waals surface area contributed by atoms with Crippen molar-refractivity contribution in [2.75, 3.05) is 6.61 Å². The van der Waals surface area contributed by atoms with Crippen molar-refractivity contribution in [2.24, 2.45) is 11.1 Å². The Hall–Kier alpha value is -1.35. The smallest absolute Gasteiger partial charge is 0.122 e. The Bertz CT molecular complexity index is 451. The normalized spacial score (nSPS) is 23.4. The summed E-state index contributed by atoms with van der Waals surface area (Å²) in [5.41, 5.74) is 3.39. The molecule has 3 heteroatoms. The molecule has 1 aliphatic carbocycles. The third-order valence-corrected chi connectivity index (χ3v) is 4.00. The van der Waals surface area contributed by atoms with E-state index >= 15 is 0 Å². The van der Waals surface area contributed by atoms with Crippen LogP contribution in [0.15, 0.2) is 29.4 Å². The van der Waals surface area contributed by atoms with Crippen molar-refractivity contribution in [2.45, 2.75) is 52.1 Å². The molecule has 0 bridgehead atoms. The van der Waals surface area contributed by atoms with Gasteiger partial charge in [-0.05, 0) is 63.0 Å². The van der Waals surface area contributed by atoms with E-state index in [4.69, 9.17) is 4.84 Å². The van der Waals surface area contributed by atoms with Gasteiger partial charge in [-0.2, -0.15) is 0 Å². The highest BCUT2D eigenvalue weighted by Crippen LogP contribution is 2.37. The highest BCUT2D eigenvalue weighted by Gasteiger charge is 2.25. The van der Waals surface area contributed by atoms with Crippen LogP contribution in [0.4, 0.5) is 0 Å². The van der Waals surface area contributed by atoms with E-state index in [0.717, 1.165) is 24.1 Å². The van der Waals surface area contributed by atoms with Crippen LogP contribution in [0.1, 0.15) is 57.1 Å². The number of nitrogens with zero attached hydrogens (tertiary/aromatic N) is 1. The van der Waals surface area contributed by atoms with Crippen LogP contribution in [-0.2, 0) is 4.84 Å². The van der Waals surface area contributed by atoms with Crippen molar-refractivity contribution in [3.05, 3.63) is 35.4 Å².